The number of aliphatic hydroxyl groups excluding tert-OH is 1. The Kier molecular flexibility index (Phi) is 4.42. The third-order valence-corrected chi connectivity index (χ3v) is 3.23. The zero-order valence-corrected chi connectivity index (χ0v) is 10.7. The maximum atomic E-state index is 10.1. The van der Waals surface area contributed by atoms with Gasteiger partial charge in [-0.05, 0) is 30.0 Å². The van der Waals surface area contributed by atoms with Crippen LogP contribution < -0.4 is 0 Å². The van der Waals surface area contributed by atoms with Crippen LogP contribution in [0.5, 0.6) is 11.5 Å². The van der Waals surface area contributed by atoms with E-state index in [1.165, 1.54) is 5.56 Å². The number of rotatable bonds is 5. The Morgan fingerprint density at radius 2 is 1.53 bits per heavy atom. The van der Waals surface area contributed by atoms with Gasteiger partial charge in [0.05, 0.1) is 0 Å². The van der Waals surface area contributed by atoms with Crippen molar-refractivity contribution in [1.29, 1.82) is 0 Å². The van der Waals surface area contributed by atoms with E-state index >= 15 is 0 Å². The van der Waals surface area contributed by atoms with E-state index in [4.69, 9.17) is 5.11 Å². The van der Waals surface area contributed by atoms with Crippen molar-refractivity contribution in [2.24, 2.45) is 0 Å². The van der Waals surface area contributed by atoms with Gasteiger partial charge in [0.2, 0.25) is 0 Å². The molecule has 3 N–H and O–H groups in total. The molecule has 2 aromatic carbocycles. The predicted molar refractivity (Wildman–Crippen MR) is 74.4 cm³/mol. The summed E-state index contributed by atoms with van der Waals surface area (Å²) in [5, 5.41) is 28.7. The number of phenolic OH excluding ortho intramolecular Hbond substituents is 2. The minimum Gasteiger partial charge on any atom is -0.508 e. The zero-order valence-electron chi connectivity index (χ0n) is 10.7. The van der Waals surface area contributed by atoms with Gasteiger partial charge in [-0.15, -0.1) is 0 Å². The van der Waals surface area contributed by atoms with Crippen molar-refractivity contribution in [3.63, 3.8) is 0 Å². The van der Waals surface area contributed by atoms with E-state index in [1.54, 1.807) is 12.1 Å². The van der Waals surface area contributed by atoms with Crippen LogP contribution in [0.2, 0.25) is 0 Å². The van der Waals surface area contributed by atoms with Crippen LogP contribution in [0.25, 0.3) is 0 Å². The highest BCUT2D eigenvalue weighted by molar-refractivity contribution is 5.49. The number of phenols is 2. The standard InChI is InChI=1S/C16H18O3/c17-11-10-14-15(18)9-8-13(16(14)19)7-6-12-4-2-1-3-5-12/h1-5,8-9,17-19H,6-7,10-11H2. The molecule has 3 nitrogen and oxygen atoms in total. The lowest BCUT2D eigenvalue weighted by Gasteiger charge is -2.11. The summed E-state index contributed by atoms with van der Waals surface area (Å²) in [4.78, 5) is 0. The molecule has 0 atom stereocenters. The minimum atomic E-state index is -0.0940. The summed E-state index contributed by atoms with van der Waals surface area (Å²) in [6.07, 6.45) is 1.79. The molecule has 2 aromatic rings. The van der Waals surface area contributed by atoms with Gasteiger partial charge in [0.25, 0.3) is 0 Å². The lowest BCUT2D eigenvalue weighted by Crippen LogP contribution is -1.97. The summed E-state index contributed by atoms with van der Waals surface area (Å²) in [7, 11) is 0. The maximum absolute atomic E-state index is 10.1. The van der Waals surface area contributed by atoms with Crippen LogP contribution in [0, 0.1) is 0 Å². The Morgan fingerprint density at radius 3 is 2.21 bits per heavy atom. The molecule has 0 aromatic heterocycles. The Balaban J connectivity index is 2.15. The zero-order chi connectivity index (χ0) is 13.7. The number of benzene rings is 2. The molecule has 3 heteroatoms. The average molecular weight is 258 g/mol. The van der Waals surface area contributed by atoms with Gasteiger partial charge in [0, 0.05) is 18.6 Å². The monoisotopic (exact) mass is 258 g/mol. The van der Waals surface area contributed by atoms with E-state index < -0.39 is 0 Å². The summed E-state index contributed by atoms with van der Waals surface area (Å²) >= 11 is 0. The highest BCUT2D eigenvalue weighted by atomic mass is 16.3. The quantitative estimate of drug-likeness (QED) is 0.772. The second-order valence-electron chi connectivity index (χ2n) is 4.53. The van der Waals surface area contributed by atoms with Crippen LogP contribution in [0.4, 0.5) is 0 Å². The van der Waals surface area contributed by atoms with E-state index in [-0.39, 0.29) is 24.5 Å². The van der Waals surface area contributed by atoms with E-state index in [0.29, 0.717) is 12.0 Å². The number of hydrogen-bond donors (Lipinski definition) is 3. The van der Waals surface area contributed by atoms with Crippen LogP contribution in [-0.4, -0.2) is 21.9 Å². The fourth-order valence-corrected chi connectivity index (χ4v) is 2.16. The van der Waals surface area contributed by atoms with Gasteiger partial charge >= 0.3 is 0 Å². The van der Waals surface area contributed by atoms with Gasteiger partial charge in [-0.3, -0.25) is 0 Å². The number of aromatic hydroxyl groups is 2. The van der Waals surface area contributed by atoms with Gasteiger partial charge in [-0.2, -0.15) is 0 Å². The van der Waals surface area contributed by atoms with Crippen LogP contribution >= 0.6 is 0 Å². The Morgan fingerprint density at radius 1 is 0.789 bits per heavy atom. The smallest absolute Gasteiger partial charge is 0.125 e. The summed E-state index contributed by atoms with van der Waals surface area (Å²) in [6, 6.07) is 13.4. The minimum absolute atomic E-state index is 0.0370. The average Bonchev–Trinajstić information content (AvgIpc) is 2.44. The van der Waals surface area contributed by atoms with Crippen LogP contribution in [0.3, 0.4) is 0 Å². The third kappa shape index (κ3) is 3.26. The summed E-state index contributed by atoms with van der Waals surface area (Å²) in [6.45, 7) is -0.0940. The molecule has 0 aliphatic carbocycles. The molecule has 0 heterocycles. The molecule has 0 fully saturated rings. The first-order chi connectivity index (χ1) is 9.22. The van der Waals surface area contributed by atoms with E-state index in [9.17, 15) is 10.2 Å². The summed E-state index contributed by atoms with van der Waals surface area (Å²) < 4.78 is 0. The molecular weight excluding hydrogens is 240 g/mol. The number of aryl methyl sites for hydroxylation is 2. The molecular formula is C16H18O3. The van der Waals surface area contributed by atoms with E-state index in [1.807, 2.05) is 30.3 Å². The summed E-state index contributed by atoms with van der Waals surface area (Å²) in [5.41, 5.74) is 2.43. The molecule has 100 valence electrons. The Labute approximate surface area is 112 Å². The number of hydrogen-bond acceptors (Lipinski definition) is 3. The van der Waals surface area contributed by atoms with Crippen LogP contribution in [0.15, 0.2) is 42.5 Å². The predicted octanol–water partition coefficient (Wildman–Crippen LogP) is 2.42. The topological polar surface area (TPSA) is 60.7 Å². The highest BCUT2D eigenvalue weighted by Gasteiger charge is 2.11. The van der Waals surface area contributed by atoms with Crippen molar-refractivity contribution in [3.8, 4) is 11.5 Å². The molecule has 0 amide bonds. The van der Waals surface area contributed by atoms with Crippen molar-refractivity contribution in [2.45, 2.75) is 19.3 Å². The Hall–Kier alpha value is -2.00. The SMILES string of the molecule is OCCc1c(O)ccc(CCc2ccccc2)c1O. The highest BCUT2D eigenvalue weighted by Crippen LogP contribution is 2.31. The van der Waals surface area contributed by atoms with E-state index in [0.717, 1.165) is 12.0 Å². The first-order valence-corrected chi connectivity index (χ1v) is 6.40. The van der Waals surface area contributed by atoms with Crippen LogP contribution in [-0.2, 0) is 19.3 Å². The molecule has 19 heavy (non-hydrogen) atoms. The molecule has 0 unspecified atom stereocenters. The Bertz CT molecular complexity index is 535. The second-order valence-corrected chi connectivity index (χ2v) is 4.53. The van der Waals surface area contributed by atoms with Gasteiger partial charge in [-0.25, -0.2) is 0 Å². The number of aliphatic hydroxyl groups is 1. The first kappa shape index (κ1) is 13.4. The van der Waals surface area contributed by atoms with Crippen molar-refractivity contribution < 1.29 is 15.3 Å². The van der Waals surface area contributed by atoms with Crippen molar-refractivity contribution in [2.75, 3.05) is 6.61 Å². The van der Waals surface area contributed by atoms with Crippen molar-refractivity contribution >= 4 is 0 Å². The largest absolute Gasteiger partial charge is 0.508 e. The third-order valence-electron chi connectivity index (χ3n) is 3.23. The van der Waals surface area contributed by atoms with Crippen molar-refractivity contribution in [3.05, 3.63) is 59.2 Å². The lowest BCUT2D eigenvalue weighted by molar-refractivity contribution is 0.294. The molecule has 0 bridgehead atoms. The van der Waals surface area contributed by atoms with Crippen LogP contribution in [0.1, 0.15) is 16.7 Å². The lowest BCUT2D eigenvalue weighted by atomic mass is 9.99. The van der Waals surface area contributed by atoms with Crippen molar-refractivity contribution in [1.82, 2.24) is 0 Å². The fraction of sp³-hybridized carbons (Fsp3) is 0.250. The first-order valence-electron chi connectivity index (χ1n) is 6.40. The normalized spacial score (nSPS) is 10.6. The fourth-order valence-electron chi connectivity index (χ4n) is 2.16. The molecule has 0 radical (unpaired) electrons. The van der Waals surface area contributed by atoms with E-state index in [2.05, 4.69) is 0 Å². The molecule has 0 aliphatic heterocycles. The van der Waals surface area contributed by atoms with Gasteiger partial charge < -0.3 is 15.3 Å². The molecule has 0 saturated carbocycles. The molecule has 0 saturated heterocycles. The molecule has 0 aliphatic rings. The second kappa shape index (κ2) is 6.25. The molecule has 0 spiro atoms. The molecule has 2 rings (SSSR count). The maximum Gasteiger partial charge on any atom is 0.125 e. The van der Waals surface area contributed by atoms with Gasteiger partial charge in [0.1, 0.15) is 11.5 Å². The van der Waals surface area contributed by atoms with Gasteiger partial charge in [-0.1, -0.05) is 36.4 Å². The summed E-state index contributed by atoms with van der Waals surface area (Å²) in [5.74, 6) is 0.139. The van der Waals surface area contributed by atoms with Gasteiger partial charge in [0.15, 0.2) is 0 Å².